The van der Waals surface area contributed by atoms with E-state index in [1.165, 1.54) is 0 Å². The molecule has 0 saturated heterocycles. The van der Waals surface area contributed by atoms with Gasteiger partial charge in [-0.05, 0) is 13.0 Å². The van der Waals surface area contributed by atoms with E-state index in [1.54, 1.807) is 18.2 Å². The first kappa shape index (κ1) is 11.8. The van der Waals surface area contributed by atoms with Crippen LogP contribution >= 0.6 is 0 Å². The maximum absolute atomic E-state index is 11.4. The van der Waals surface area contributed by atoms with Crippen LogP contribution in [0, 0.1) is 6.92 Å². The van der Waals surface area contributed by atoms with Gasteiger partial charge in [-0.15, -0.1) is 0 Å². The number of nitrogens with one attached hydrogen (secondary N) is 1. The van der Waals surface area contributed by atoms with Crippen LogP contribution in [0.15, 0.2) is 29.1 Å². The minimum absolute atomic E-state index is 0.110. The summed E-state index contributed by atoms with van der Waals surface area (Å²) in [6, 6.07) is 7.06. The molecule has 0 unspecified atom stereocenters. The smallest absolute Gasteiger partial charge is 0.358 e. The fourth-order valence-corrected chi connectivity index (χ4v) is 1.55. The average molecular weight is 246 g/mol. The number of carboxylic acid groups (broad SMARTS) is 1. The number of H-pyrrole nitrogens is 1. The van der Waals surface area contributed by atoms with Gasteiger partial charge in [0.2, 0.25) is 5.75 Å². The van der Waals surface area contributed by atoms with Gasteiger partial charge >= 0.3 is 5.97 Å². The molecule has 6 nitrogen and oxygen atoms in total. The number of benzene rings is 1. The average Bonchev–Trinajstić information content (AvgIpc) is 2.32. The molecule has 2 rings (SSSR count). The van der Waals surface area contributed by atoms with Gasteiger partial charge in [0.05, 0.1) is 0 Å². The van der Waals surface area contributed by atoms with E-state index in [1.807, 2.05) is 13.0 Å². The Bertz CT molecular complexity index is 676. The van der Waals surface area contributed by atoms with Crippen LogP contribution in [0.3, 0.4) is 0 Å². The van der Waals surface area contributed by atoms with Crippen molar-refractivity contribution < 1.29 is 15.0 Å². The third-order valence-corrected chi connectivity index (χ3v) is 2.39. The Labute approximate surface area is 102 Å². The van der Waals surface area contributed by atoms with Crippen molar-refractivity contribution in [1.82, 2.24) is 9.97 Å². The number of hydrogen-bond donors (Lipinski definition) is 3. The summed E-state index contributed by atoms with van der Waals surface area (Å²) in [6.07, 6.45) is 0. The van der Waals surface area contributed by atoms with Crippen LogP contribution in [0.2, 0.25) is 0 Å². The molecule has 1 heterocycles. The predicted molar refractivity (Wildman–Crippen MR) is 63.7 cm³/mol. The minimum atomic E-state index is -1.45. The van der Waals surface area contributed by atoms with Crippen LogP contribution < -0.4 is 5.56 Å². The second-order valence-electron chi connectivity index (χ2n) is 3.79. The summed E-state index contributed by atoms with van der Waals surface area (Å²) in [6.45, 7) is 1.86. The monoisotopic (exact) mass is 246 g/mol. The fraction of sp³-hybridized carbons (Fsp3) is 0.0833. The van der Waals surface area contributed by atoms with E-state index in [4.69, 9.17) is 5.11 Å². The molecule has 0 spiro atoms. The number of nitrogens with zero attached hydrogens (tertiary/aromatic N) is 1. The van der Waals surface area contributed by atoms with E-state index in [2.05, 4.69) is 9.97 Å². The first-order chi connectivity index (χ1) is 8.49. The summed E-state index contributed by atoms with van der Waals surface area (Å²) < 4.78 is 0. The van der Waals surface area contributed by atoms with Crippen molar-refractivity contribution in [1.29, 1.82) is 0 Å². The Balaban J connectivity index is 2.66. The van der Waals surface area contributed by atoms with Crippen LogP contribution in [0.25, 0.3) is 11.4 Å². The molecule has 6 heteroatoms. The number of aromatic nitrogens is 2. The molecule has 0 radical (unpaired) electrons. The summed E-state index contributed by atoms with van der Waals surface area (Å²) in [5, 5.41) is 18.1. The van der Waals surface area contributed by atoms with E-state index in [0.717, 1.165) is 5.56 Å². The maximum atomic E-state index is 11.4. The van der Waals surface area contributed by atoms with Gasteiger partial charge < -0.3 is 15.2 Å². The zero-order valence-corrected chi connectivity index (χ0v) is 9.47. The number of aryl methyl sites for hydroxylation is 1. The number of carbonyl (C=O) groups is 1. The van der Waals surface area contributed by atoms with Gasteiger partial charge in [0.25, 0.3) is 5.56 Å². The largest absolute Gasteiger partial charge is 0.501 e. The van der Waals surface area contributed by atoms with Gasteiger partial charge in [0.15, 0.2) is 5.69 Å². The second kappa shape index (κ2) is 4.33. The molecular formula is C12H10N2O4. The van der Waals surface area contributed by atoms with Crippen LogP contribution in [-0.2, 0) is 0 Å². The molecule has 1 aromatic carbocycles. The molecule has 0 bridgehead atoms. The topological polar surface area (TPSA) is 103 Å². The highest BCUT2D eigenvalue weighted by atomic mass is 16.4. The van der Waals surface area contributed by atoms with E-state index in [0.29, 0.717) is 5.56 Å². The first-order valence-electron chi connectivity index (χ1n) is 5.12. The molecule has 0 fully saturated rings. The van der Waals surface area contributed by atoms with E-state index in [-0.39, 0.29) is 5.82 Å². The molecule has 0 atom stereocenters. The first-order valence-corrected chi connectivity index (χ1v) is 5.12. The Morgan fingerprint density at radius 3 is 2.72 bits per heavy atom. The highest BCUT2D eigenvalue weighted by Gasteiger charge is 2.17. The number of aromatic hydroxyl groups is 1. The Hall–Kier alpha value is -2.63. The number of aromatic amines is 1. The van der Waals surface area contributed by atoms with Gasteiger partial charge in [-0.25, -0.2) is 9.78 Å². The van der Waals surface area contributed by atoms with Gasteiger partial charge in [-0.2, -0.15) is 0 Å². The molecule has 0 aliphatic rings. The molecule has 0 saturated carbocycles. The lowest BCUT2D eigenvalue weighted by Gasteiger charge is -2.04. The van der Waals surface area contributed by atoms with Crippen molar-refractivity contribution in [2.24, 2.45) is 0 Å². The lowest BCUT2D eigenvalue weighted by atomic mass is 10.1. The van der Waals surface area contributed by atoms with Gasteiger partial charge in [-0.1, -0.05) is 23.8 Å². The molecule has 0 aliphatic heterocycles. The SMILES string of the molecule is Cc1cccc(-c2nc(C(=O)O)c(O)c(=O)[nH]2)c1. The Kier molecular flexibility index (Phi) is 2.85. The van der Waals surface area contributed by atoms with Crippen LogP contribution in [-0.4, -0.2) is 26.2 Å². The highest BCUT2D eigenvalue weighted by Crippen LogP contribution is 2.17. The van der Waals surface area contributed by atoms with E-state index >= 15 is 0 Å². The maximum Gasteiger partial charge on any atom is 0.358 e. The fourth-order valence-electron chi connectivity index (χ4n) is 1.55. The number of carboxylic acids is 1. The van der Waals surface area contributed by atoms with Crippen molar-refractivity contribution in [2.75, 3.05) is 0 Å². The molecule has 3 N–H and O–H groups in total. The normalized spacial score (nSPS) is 10.3. The third-order valence-electron chi connectivity index (χ3n) is 2.39. The highest BCUT2D eigenvalue weighted by molar-refractivity contribution is 5.88. The summed E-state index contributed by atoms with van der Waals surface area (Å²) in [7, 11) is 0. The van der Waals surface area contributed by atoms with Gasteiger partial charge in [0.1, 0.15) is 5.82 Å². The number of rotatable bonds is 2. The summed E-state index contributed by atoms with van der Waals surface area (Å²) >= 11 is 0. The summed E-state index contributed by atoms with van der Waals surface area (Å²) in [4.78, 5) is 28.3. The molecular weight excluding hydrogens is 236 g/mol. The van der Waals surface area contributed by atoms with Gasteiger partial charge in [0, 0.05) is 5.56 Å². The van der Waals surface area contributed by atoms with Crippen LogP contribution in [0.5, 0.6) is 5.75 Å². The predicted octanol–water partition coefficient (Wildman–Crippen LogP) is 1.15. The summed E-state index contributed by atoms with van der Waals surface area (Å²) in [5.74, 6) is -2.23. The van der Waals surface area contributed by atoms with Crippen LogP contribution in [0.1, 0.15) is 16.1 Å². The van der Waals surface area contributed by atoms with Crippen molar-refractivity contribution in [3.05, 3.63) is 45.9 Å². The molecule has 2 aromatic rings. The zero-order valence-electron chi connectivity index (χ0n) is 9.47. The molecule has 18 heavy (non-hydrogen) atoms. The van der Waals surface area contributed by atoms with E-state index < -0.39 is 23.0 Å². The second-order valence-corrected chi connectivity index (χ2v) is 3.79. The van der Waals surface area contributed by atoms with Crippen molar-refractivity contribution >= 4 is 5.97 Å². The third kappa shape index (κ3) is 2.08. The van der Waals surface area contributed by atoms with E-state index in [9.17, 15) is 14.7 Å². The molecule has 0 amide bonds. The lowest BCUT2D eigenvalue weighted by Crippen LogP contribution is -2.15. The molecule has 92 valence electrons. The number of aromatic carboxylic acids is 1. The molecule has 0 aliphatic carbocycles. The quantitative estimate of drug-likeness (QED) is 0.737. The van der Waals surface area contributed by atoms with Gasteiger partial charge in [-0.3, -0.25) is 4.79 Å². The van der Waals surface area contributed by atoms with Crippen molar-refractivity contribution in [2.45, 2.75) is 6.92 Å². The lowest BCUT2D eigenvalue weighted by molar-refractivity contribution is 0.0686. The number of hydrogen-bond acceptors (Lipinski definition) is 4. The Morgan fingerprint density at radius 1 is 1.39 bits per heavy atom. The standard InChI is InChI=1S/C12H10N2O4/c1-6-3-2-4-7(5-6)10-13-8(12(17)18)9(15)11(16)14-10/h2-5,15H,1H3,(H,17,18)(H,13,14,16). The Morgan fingerprint density at radius 2 is 2.11 bits per heavy atom. The molecule has 1 aromatic heterocycles. The van der Waals surface area contributed by atoms with Crippen molar-refractivity contribution in [3.8, 4) is 17.1 Å². The minimum Gasteiger partial charge on any atom is -0.501 e. The zero-order chi connectivity index (χ0) is 13.3. The van der Waals surface area contributed by atoms with Crippen LogP contribution in [0.4, 0.5) is 0 Å². The summed E-state index contributed by atoms with van der Waals surface area (Å²) in [5.41, 5.74) is -0.0103. The van der Waals surface area contributed by atoms with Crippen molar-refractivity contribution in [3.63, 3.8) is 0 Å².